The first-order valence-corrected chi connectivity index (χ1v) is 5.07. The zero-order valence-electron chi connectivity index (χ0n) is 8.11. The van der Waals surface area contributed by atoms with Crippen LogP contribution in [0.5, 0.6) is 5.75 Å². The molecule has 2 heteroatoms. The first kappa shape index (κ1) is 10.1. The zero-order chi connectivity index (χ0) is 10.5. The molecule has 2 rings (SSSR count). The highest BCUT2D eigenvalue weighted by Crippen LogP contribution is 2.23. The van der Waals surface area contributed by atoms with Gasteiger partial charge in [-0.3, -0.25) is 0 Å². The Morgan fingerprint density at radius 3 is 2.60 bits per heavy atom. The monoisotopic (exact) mass is 217 g/mol. The summed E-state index contributed by atoms with van der Waals surface area (Å²) >= 11 is 5.91. The quantitative estimate of drug-likeness (QED) is 0.762. The SMILES string of the molecule is Clc1[c]cccc1OCc1ccccc1. The fraction of sp³-hybridized carbons (Fsp3) is 0.0769. The summed E-state index contributed by atoms with van der Waals surface area (Å²) in [5, 5.41) is 0.522. The van der Waals surface area contributed by atoms with Crippen molar-refractivity contribution in [2.45, 2.75) is 6.61 Å². The molecule has 0 aliphatic carbocycles. The van der Waals surface area contributed by atoms with E-state index in [1.165, 1.54) is 0 Å². The number of hydrogen-bond donors (Lipinski definition) is 0. The van der Waals surface area contributed by atoms with E-state index in [0.29, 0.717) is 17.4 Å². The average molecular weight is 218 g/mol. The first-order valence-electron chi connectivity index (χ1n) is 4.69. The maximum atomic E-state index is 5.91. The molecule has 0 unspecified atom stereocenters. The second-order valence-corrected chi connectivity index (χ2v) is 3.50. The summed E-state index contributed by atoms with van der Waals surface area (Å²) in [5.74, 6) is 0.669. The van der Waals surface area contributed by atoms with E-state index in [4.69, 9.17) is 16.3 Å². The standard InChI is InChI=1S/C13H10ClO/c14-12-8-4-5-9-13(12)15-10-11-6-2-1-3-7-11/h1-7,9H,10H2. The fourth-order valence-corrected chi connectivity index (χ4v) is 1.43. The number of rotatable bonds is 3. The molecule has 2 aromatic rings. The number of benzene rings is 2. The van der Waals surface area contributed by atoms with Crippen LogP contribution in [0.1, 0.15) is 5.56 Å². The van der Waals surface area contributed by atoms with Crippen LogP contribution in [0.4, 0.5) is 0 Å². The van der Waals surface area contributed by atoms with Gasteiger partial charge < -0.3 is 4.74 Å². The van der Waals surface area contributed by atoms with E-state index < -0.39 is 0 Å². The van der Waals surface area contributed by atoms with Crippen molar-refractivity contribution in [3.05, 3.63) is 65.2 Å². The Kier molecular flexibility index (Phi) is 3.25. The van der Waals surface area contributed by atoms with Crippen molar-refractivity contribution < 1.29 is 4.74 Å². The second kappa shape index (κ2) is 4.85. The highest BCUT2D eigenvalue weighted by atomic mass is 35.5. The van der Waals surface area contributed by atoms with Crippen molar-refractivity contribution in [2.75, 3.05) is 0 Å². The van der Waals surface area contributed by atoms with Crippen LogP contribution in [0.3, 0.4) is 0 Å². The smallest absolute Gasteiger partial charge is 0.139 e. The molecule has 0 fully saturated rings. The summed E-state index contributed by atoms with van der Waals surface area (Å²) < 4.78 is 5.56. The van der Waals surface area contributed by atoms with E-state index in [2.05, 4.69) is 6.07 Å². The molecule has 0 amide bonds. The summed E-state index contributed by atoms with van der Waals surface area (Å²) in [6.07, 6.45) is 0. The van der Waals surface area contributed by atoms with Crippen molar-refractivity contribution in [1.29, 1.82) is 0 Å². The maximum Gasteiger partial charge on any atom is 0.139 e. The van der Waals surface area contributed by atoms with Gasteiger partial charge in [-0.1, -0.05) is 54.1 Å². The minimum absolute atomic E-state index is 0.522. The van der Waals surface area contributed by atoms with Gasteiger partial charge in [-0.15, -0.1) is 0 Å². The molecule has 75 valence electrons. The molecule has 0 spiro atoms. The van der Waals surface area contributed by atoms with Crippen molar-refractivity contribution in [3.63, 3.8) is 0 Å². The van der Waals surface area contributed by atoms with Crippen molar-refractivity contribution in [1.82, 2.24) is 0 Å². The van der Waals surface area contributed by atoms with Gasteiger partial charge in [-0.2, -0.15) is 0 Å². The summed E-state index contributed by atoms with van der Waals surface area (Å²) in [5.41, 5.74) is 1.12. The molecule has 0 heterocycles. The van der Waals surface area contributed by atoms with Gasteiger partial charge in [0.1, 0.15) is 12.4 Å². The summed E-state index contributed by atoms with van der Waals surface area (Å²) in [6, 6.07) is 18.3. The molecule has 0 aliphatic rings. The molecular formula is C13H10ClO. The van der Waals surface area contributed by atoms with Crippen molar-refractivity contribution in [2.24, 2.45) is 0 Å². The highest BCUT2D eigenvalue weighted by molar-refractivity contribution is 6.31. The summed E-state index contributed by atoms with van der Waals surface area (Å²) in [6.45, 7) is 0.526. The first-order chi connectivity index (χ1) is 7.36. The third kappa shape index (κ3) is 2.74. The minimum atomic E-state index is 0.522. The molecular weight excluding hydrogens is 208 g/mol. The molecule has 0 saturated carbocycles. The van der Waals surface area contributed by atoms with Crippen LogP contribution >= 0.6 is 11.6 Å². The van der Waals surface area contributed by atoms with Gasteiger partial charge in [0.05, 0.1) is 5.02 Å². The molecule has 1 nitrogen and oxygen atoms in total. The van der Waals surface area contributed by atoms with Crippen LogP contribution in [0.25, 0.3) is 0 Å². The van der Waals surface area contributed by atoms with E-state index in [0.717, 1.165) is 5.56 Å². The van der Waals surface area contributed by atoms with Gasteiger partial charge in [0.25, 0.3) is 0 Å². The lowest BCUT2D eigenvalue weighted by Crippen LogP contribution is -1.95. The lowest BCUT2D eigenvalue weighted by atomic mass is 10.2. The van der Waals surface area contributed by atoms with Gasteiger partial charge in [0, 0.05) is 6.07 Å². The van der Waals surface area contributed by atoms with Crippen LogP contribution in [-0.4, -0.2) is 0 Å². The molecule has 0 N–H and O–H groups in total. The largest absolute Gasteiger partial charge is 0.487 e. The van der Waals surface area contributed by atoms with Crippen LogP contribution in [0.2, 0.25) is 5.02 Å². The number of hydrogen-bond acceptors (Lipinski definition) is 1. The van der Waals surface area contributed by atoms with Crippen LogP contribution in [0.15, 0.2) is 48.5 Å². The fourth-order valence-electron chi connectivity index (χ4n) is 1.25. The van der Waals surface area contributed by atoms with Crippen LogP contribution in [0, 0.1) is 6.07 Å². The average Bonchev–Trinajstić information content (AvgIpc) is 2.29. The Balaban J connectivity index is 2.03. The van der Waals surface area contributed by atoms with Gasteiger partial charge in [-0.05, 0) is 11.6 Å². The van der Waals surface area contributed by atoms with E-state index >= 15 is 0 Å². The predicted molar refractivity (Wildman–Crippen MR) is 61.1 cm³/mol. The van der Waals surface area contributed by atoms with E-state index in [9.17, 15) is 0 Å². The van der Waals surface area contributed by atoms with Gasteiger partial charge in [0.15, 0.2) is 0 Å². The van der Waals surface area contributed by atoms with Crippen molar-refractivity contribution in [3.8, 4) is 5.75 Å². The van der Waals surface area contributed by atoms with Crippen LogP contribution < -0.4 is 4.74 Å². The lowest BCUT2D eigenvalue weighted by Gasteiger charge is -2.06. The van der Waals surface area contributed by atoms with Gasteiger partial charge >= 0.3 is 0 Å². The minimum Gasteiger partial charge on any atom is -0.487 e. The Labute approximate surface area is 94.3 Å². The number of ether oxygens (including phenoxy) is 1. The molecule has 0 atom stereocenters. The number of halogens is 1. The highest BCUT2D eigenvalue weighted by Gasteiger charge is 1.99. The Morgan fingerprint density at radius 2 is 1.87 bits per heavy atom. The second-order valence-electron chi connectivity index (χ2n) is 3.12. The normalized spacial score (nSPS) is 9.93. The van der Waals surface area contributed by atoms with Gasteiger partial charge in [0.2, 0.25) is 0 Å². The molecule has 0 saturated heterocycles. The molecule has 0 aliphatic heterocycles. The summed E-state index contributed by atoms with van der Waals surface area (Å²) in [7, 11) is 0. The zero-order valence-corrected chi connectivity index (χ0v) is 8.87. The Hall–Kier alpha value is -1.47. The third-order valence-electron chi connectivity index (χ3n) is 2.01. The molecule has 2 aromatic carbocycles. The maximum absolute atomic E-state index is 5.91. The van der Waals surface area contributed by atoms with Crippen LogP contribution in [-0.2, 0) is 6.61 Å². The Bertz CT molecular complexity index is 426. The lowest BCUT2D eigenvalue weighted by molar-refractivity contribution is 0.306. The third-order valence-corrected chi connectivity index (χ3v) is 2.30. The molecule has 0 bridgehead atoms. The molecule has 0 aromatic heterocycles. The molecule has 15 heavy (non-hydrogen) atoms. The Morgan fingerprint density at radius 1 is 1.07 bits per heavy atom. The van der Waals surface area contributed by atoms with E-state index in [1.807, 2.05) is 42.5 Å². The van der Waals surface area contributed by atoms with Crippen molar-refractivity contribution >= 4 is 11.6 Å². The van der Waals surface area contributed by atoms with Gasteiger partial charge in [-0.25, -0.2) is 0 Å². The predicted octanol–water partition coefficient (Wildman–Crippen LogP) is 3.72. The molecule has 1 radical (unpaired) electrons. The topological polar surface area (TPSA) is 9.23 Å². The van der Waals surface area contributed by atoms with E-state index in [1.54, 1.807) is 6.07 Å². The van der Waals surface area contributed by atoms with E-state index in [-0.39, 0.29) is 0 Å². The summed E-state index contributed by atoms with van der Waals surface area (Å²) in [4.78, 5) is 0.